The van der Waals surface area contributed by atoms with Crippen molar-refractivity contribution in [3.63, 3.8) is 0 Å². The van der Waals surface area contributed by atoms with Crippen LogP contribution < -0.4 is 5.32 Å². The van der Waals surface area contributed by atoms with Gasteiger partial charge in [-0.3, -0.25) is 14.8 Å². The SMILES string of the molecule is CCc1nn(C)c(CNCc2ccccc2[N+](=O)[O-])c1Br. The second kappa shape index (κ2) is 6.82. The highest BCUT2D eigenvalue weighted by Crippen LogP contribution is 2.22. The normalized spacial score (nSPS) is 10.8. The number of nitrogens with zero attached hydrogens (tertiary/aromatic N) is 3. The van der Waals surface area contributed by atoms with Gasteiger partial charge in [0.15, 0.2) is 0 Å². The van der Waals surface area contributed by atoms with E-state index in [0.717, 1.165) is 22.3 Å². The van der Waals surface area contributed by atoms with E-state index in [1.54, 1.807) is 18.2 Å². The summed E-state index contributed by atoms with van der Waals surface area (Å²) in [5, 5.41) is 18.6. The van der Waals surface area contributed by atoms with Crippen LogP contribution in [0.1, 0.15) is 23.9 Å². The molecule has 21 heavy (non-hydrogen) atoms. The Balaban J connectivity index is 2.06. The fourth-order valence-corrected chi connectivity index (χ4v) is 2.92. The second-order valence-corrected chi connectivity index (χ2v) is 5.47. The van der Waals surface area contributed by atoms with Gasteiger partial charge in [-0.25, -0.2) is 0 Å². The van der Waals surface area contributed by atoms with Gasteiger partial charge < -0.3 is 5.32 Å². The molecule has 0 spiro atoms. The van der Waals surface area contributed by atoms with E-state index in [2.05, 4.69) is 33.3 Å². The van der Waals surface area contributed by atoms with E-state index in [4.69, 9.17) is 0 Å². The molecule has 0 saturated carbocycles. The first-order chi connectivity index (χ1) is 10.0. The molecule has 1 N–H and O–H groups in total. The first-order valence-electron chi connectivity index (χ1n) is 6.67. The Morgan fingerprint density at radius 3 is 2.71 bits per heavy atom. The topological polar surface area (TPSA) is 73.0 Å². The largest absolute Gasteiger partial charge is 0.307 e. The average Bonchev–Trinajstić information content (AvgIpc) is 2.74. The van der Waals surface area contributed by atoms with E-state index in [1.165, 1.54) is 6.07 Å². The summed E-state index contributed by atoms with van der Waals surface area (Å²) in [5.74, 6) is 0. The zero-order chi connectivity index (χ0) is 15.4. The van der Waals surface area contributed by atoms with Crippen molar-refractivity contribution in [2.75, 3.05) is 0 Å². The summed E-state index contributed by atoms with van der Waals surface area (Å²) in [6.07, 6.45) is 0.860. The van der Waals surface area contributed by atoms with Crippen molar-refractivity contribution < 1.29 is 4.92 Å². The average molecular weight is 353 g/mol. The van der Waals surface area contributed by atoms with Crippen LogP contribution in [0.4, 0.5) is 5.69 Å². The molecular weight excluding hydrogens is 336 g/mol. The van der Waals surface area contributed by atoms with E-state index in [1.807, 2.05) is 11.7 Å². The smallest absolute Gasteiger partial charge is 0.273 e. The number of nitrogens with one attached hydrogen (secondary N) is 1. The molecule has 112 valence electrons. The molecule has 1 aromatic heterocycles. The molecule has 1 heterocycles. The van der Waals surface area contributed by atoms with Crippen LogP contribution in [0.25, 0.3) is 0 Å². The van der Waals surface area contributed by atoms with Gasteiger partial charge in [0.25, 0.3) is 5.69 Å². The maximum atomic E-state index is 11.0. The number of aryl methyl sites for hydroxylation is 2. The maximum absolute atomic E-state index is 11.0. The molecule has 0 fully saturated rings. The molecular formula is C14H17BrN4O2. The minimum absolute atomic E-state index is 0.142. The van der Waals surface area contributed by atoms with Crippen molar-refractivity contribution in [3.8, 4) is 0 Å². The second-order valence-electron chi connectivity index (χ2n) is 4.67. The number of para-hydroxylation sites is 1. The molecule has 6 nitrogen and oxygen atoms in total. The zero-order valence-electron chi connectivity index (χ0n) is 12.0. The van der Waals surface area contributed by atoms with Crippen molar-refractivity contribution >= 4 is 21.6 Å². The van der Waals surface area contributed by atoms with E-state index >= 15 is 0 Å². The summed E-state index contributed by atoms with van der Waals surface area (Å²) < 4.78 is 2.83. The van der Waals surface area contributed by atoms with Crippen LogP contribution in [-0.2, 0) is 26.6 Å². The Hall–Kier alpha value is -1.73. The molecule has 0 aliphatic heterocycles. The number of nitro groups is 1. The van der Waals surface area contributed by atoms with Crippen LogP contribution in [0.2, 0.25) is 0 Å². The van der Waals surface area contributed by atoms with E-state index < -0.39 is 0 Å². The van der Waals surface area contributed by atoms with Gasteiger partial charge >= 0.3 is 0 Å². The zero-order valence-corrected chi connectivity index (χ0v) is 13.6. The van der Waals surface area contributed by atoms with E-state index in [-0.39, 0.29) is 10.6 Å². The van der Waals surface area contributed by atoms with Crippen LogP contribution in [0.3, 0.4) is 0 Å². The Morgan fingerprint density at radius 1 is 1.38 bits per heavy atom. The van der Waals surface area contributed by atoms with Crippen LogP contribution in [0, 0.1) is 10.1 Å². The van der Waals surface area contributed by atoms with Crippen molar-refractivity contribution in [2.24, 2.45) is 7.05 Å². The number of aromatic nitrogens is 2. The lowest BCUT2D eigenvalue weighted by molar-refractivity contribution is -0.385. The minimum Gasteiger partial charge on any atom is -0.307 e. The van der Waals surface area contributed by atoms with Gasteiger partial charge in [0.2, 0.25) is 0 Å². The summed E-state index contributed by atoms with van der Waals surface area (Å²) in [6, 6.07) is 6.76. The van der Waals surface area contributed by atoms with Gasteiger partial charge in [-0.15, -0.1) is 0 Å². The van der Waals surface area contributed by atoms with Gasteiger partial charge in [-0.1, -0.05) is 25.1 Å². The van der Waals surface area contributed by atoms with Crippen molar-refractivity contribution in [2.45, 2.75) is 26.4 Å². The Labute approximate surface area is 131 Å². The van der Waals surface area contributed by atoms with Gasteiger partial charge in [-0.2, -0.15) is 5.10 Å². The highest BCUT2D eigenvalue weighted by Gasteiger charge is 2.14. The lowest BCUT2D eigenvalue weighted by Gasteiger charge is -2.06. The summed E-state index contributed by atoms with van der Waals surface area (Å²) in [6.45, 7) is 3.09. The molecule has 0 atom stereocenters. The van der Waals surface area contributed by atoms with Crippen molar-refractivity contribution in [3.05, 3.63) is 55.8 Å². The minimum atomic E-state index is -0.355. The van der Waals surface area contributed by atoms with Crippen LogP contribution in [-0.4, -0.2) is 14.7 Å². The number of hydrogen-bond acceptors (Lipinski definition) is 4. The Bertz CT molecular complexity index is 654. The molecule has 2 rings (SSSR count). The molecule has 0 aliphatic rings. The number of benzene rings is 1. The summed E-state index contributed by atoms with van der Waals surface area (Å²) in [7, 11) is 1.89. The molecule has 2 aromatic rings. The Morgan fingerprint density at radius 2 is 2.10 bits per heavy atom. The highest BCUT2D eigenvalue weighted by molar-refractivity contribution is 9.10. The van der Waals surface area contributed by atoms with E-state index in [9.17, 15) is 10.1 Å². The third kappa shape index (κ3) is 3.48. The number of halogens is 1. The van der Waals surface area contributed by atoms with Gasteiger partial charge in [-0.05, 0) is 22.4 Å². The Kier molecular flexibility index (Phi) is 5.08. The fourth-order valence-electron chi connectivity index (χ4n) is 2.17. The van der Waals surface area contributed by atoms with Gasteiger partial charge in [0, 0.05) is 31.8 Å². The first kappa shape index (κ1) is 15.7. The first-order valence-corrected chi connectivity index (χ1v) is 7.47. The number of rotatable bonds is 6. The van der Waals surface area contributed by atoms with Crippen molar-refractivity contribution in [1.29, 1.82) is 0 Å². The third-order valence-electron chi connectivity index (χ3n) is 3.30. The number of hydrogen-bond donors (Lipinski definition) is 1. The predicted molar refractivity (Wildman–Crippen MR) is 83.9 cm³/mol. The molecule has 0 saturated heterocycles. The third-order valence-corrected chi connectivity index (χ3v) is 4.21. The van der Waals surface area contributed by atoms with Crippen LogP contribution in [0.15, 0.2) is 28.7 Å². The quantitative estimate of drug-likeness (QED) is 0.640. The fraction of sp³-hybridized carbons (Fsp3) is 0.357. The molecule has 7 heteroatoms. The maximum Gasteiger partial charge on any atom is 0.273 e. The molecule has 1 aromatic carbocycles. The summed E-state index contributed by atoms with van der Waals surface area (Å²) in [5.41, 5.74) is 2.87. The van der Waals surface area contributed by atoms with Gasteiger partial charge in [0.05, 0.1) is 20.8 Å². The molecule has 0 bridgehead atoms. The van der Waals surface area contributed by atoms with Gasteiger partial charge in [0.1, 0.15) is 0 Å². The predicted octanol–water partition coefficient (Wildman–Crippen LogP) is 2.94. The molecule has 0 aliphatic carbocycles. The lowest BCUT2D eigenvalue weighted by atomic mass is 10.2. The van der Waals surface area contributed by atoms with Crippen molar-refractivity contribution in [1.82, 2.24) is 15.1 Å². The highest BCUT2D eigenvalue weighted by atomic mass is 79.9. The lowest BCUT2D eigenvalue weighted by Crippen LogP contribution is -2.16. The standard InChI is InChI=1S/C14H17BrN4O2/c1-3-11-14(15)13(18(2)17-11)9-16-8-10-6-4-5-7-12(10)19(20)21/h4-7,16H,3,8-9H2,1-2H3. The molecule has 0 amide bonds. The van der Waals surface area contributed by atoms with E-state index in [0.29, 0.717) is 18.7 Å². The summed E-state index contributed by atoms with van der Waals surface area (Å²) in [4.78, 5) is 10.6. The van der Waals surface area contributed by atoms with Crippen LogP contribution >= 0.6 is 15.9 Å². The molecule has 0 unspecified atom stereocenters. The number of nitro benzene ring substituents is 1. The summed E-state index contributed by atoms with van der Waals surface area (Å²) >= 11 is 3.55. The van der Waals surface area contributed by atoms with Crippen LogP contribution in [0.5, 0.6) is 0 Å². The monoisotopic (exact) mass is 352 g/mol. The molecule has 0 radical (unpaired) electrons.